The first-order chi connectivity index (χ1) is 17.1. The van der Waals surface area contributed by atoms with E-state index in [1.165, 1.54) is 3.97 Å². The van der Waals surface area contributed by atoms with Crippen LogP contribution >= 0.6 is 0 Å². The summed E-state index contributed by atoms with van der Waals surface area (Å²) in [5.74, 6) is 0.783. The average molecular weight is 486 g/mol. The quantitative estimate of drug-likeness (QED) is 0.423. The van der Waals surface area contributed by atoms with Crippen LogP contribution in [0.1, 0.15) is 41.9 Å². The summed E-state index contributed by atoms with van der Waals surface area (Å²) in [6.07, 6.45) is 7.83. The van der Waals surface area contributed by atoms with Gasteiger partial charge in [0.15, 0.2) is 5.82 Å². The van der Waals surface area contributed by atoms with E-state index in [9.17, 15) is 8.42 Å². The van der Waals surface area contributed by atoms with E-state index in [-0.39, 0.29) is 4.90 Å². The zero-order valence-electron chi connectivity index (χ0n) is 19.5. The number of rotatable bonds is 5. The summed E-state index contributed by atoms with van der Waals surface area (Å²) in [6, 6.07) is 16.3. The summed E-state index contributed by atoms with van der Waals surface area (Å²) < 4.78 is 28.2. The largest absolute Gasteiger partial charge is 0.294 e. The third kappa shape index (κ3) is 4.17. The van der Waals surface area contributed by atoms with Gasteiger partial charge in [0.1, 0.15) is 0 Å². The summed E-state index contributed by atoms with van der Waals surface area (Å²) in [6.45, 7) is 3.14. The Morgan fingerprint density at radius 1 is 0.943 bits per heavy atom. The highest BCUT2D eigenvalue weighted by molar-refractivity contribution is 7.90. The Morgan fingerprint density at radius 2 is 1.77 bits per heavy atom. The highest BCUT2D eigenvalue weighted by Crippen LogP contribution is 2.28. The van der Waals surface area contributed by atoms with Crippen LogP contribution in [0, 0.1) is 0 Å². The van der Waals surface area contributed by atoms with Crippen LogP contribution in [0.2, 0.25) is 0 Å². The van der Waals surface area contributed by atoms with E-state index in [1.807, 2.05) is 36.5 Å². The van der Waals surface area contributed by atoms with Crippen LogP contribution in [-0.2, 0) is 29.5 Å². The zero-order chi connectivity index (χ0) is 23.8. The average Bonchev–Trinajstić information content (AvgIpc) is 3.28. The maximum atomic E-state index is 13.4. The number of fused-ring (bicyclic) bond motifs is 2. The lowest BCUT2D eigenvalue weighted by atomic mass is 10.0. The molecule has 2 aromatic heterocycles. The SMILES string of the molecule is O=S(=O)(c1ccccc1)n1cc(CN2CCc3nc(C4=NCCCC4)ncc3C2)c2ccccc21. The minimum atomic E-state index is -3.68. The summed E-state index contributed by atoms with van der Waals surface area (Å²) in [5, 5.41) is 0.958. The van der Waals surface area contributed by atoms with Gasteiger partial charge >= 0.3 is 0 Å². The maximum absolute atomic E-state index is 13.4. The number of para-hydroxylation sites is 1. The van der Waals surface area contributed by atoms with Crippen LogP contribution in [0.15, 0.2) is 76.9 Å². The van der Waals surface area contributed by atoms with Crippen LogP contribution in [0.3, 0.4) is 0 Å². The highest BCUT2D eigenvalue weighted by Gasteiger charge is 2.24. The van der Waals surface area contributed by atoms with Crippen molar-refractivity contribution in [1.82, 2.24) is 18.8 Å². The molecule has 7 nitrogen and oxygen atoms in total. The molecule has 6 rings (SSSR count). The second kappa shape index (κ2) is 9.02. The first-order valence-corrected chi connectivity index (χ1v) is 13.5. The molecule has 0 bridgehead atoms. The second-order valence-corrected chi connectivity index (χ2v) is 11.0. The first kappa shape index (κ1) is 22.1. The number of aliphatic imine (C=N–C) groups is 1. The molecular weight excluding hydrogens is 458 g/mol. The van der Waals surface area contributed by atoms with Gasteiger partial charge in [-0.05, 0) is 43.0 Å². The number of hydrogen-bond acceptors (Lipinski definition) is 6. The fourth-order valence-corrected chi connectivity index (χ4v) is 6.43. The molecule has 0 atom stereocenters. The van der Waals surface area contributed by atoms with Crippen LogP contribution in [0.4, 0.5) is 0 Å². The van der Waals surface area contributed by atoms with E-state index in [4.69, 9.17) is 4.98 Å². The minimum Gasteiger partial charge on any atom is -0.294 e. The van der Waals surface area contributed by atoms with Gasteiger partial charge in [-0.3, -0.25) is 9.89 Å². The molecule has 0 N–H and O–H groups in total. The monoisotopic (exact) mass is 485 g/mol. The number of nitrogens with zero attached hydrogens (tertiary/aromatic N) is 5. The van der Waals surface area contributed by atoms with Crippen molar-refractivity contribution in [3.05, 3.63) is 89.6 Å². The molecule has 2 aliphatic rings. The molecule has 8 heteroatoms. The van der Waals surface area contributed by atoms with Crippen molar-refractivity contribution in [3.8, 4) is 0 Å². The smallest absolute Gasteiger partial charge is 0.268 e. The molecule has 2 aliphatic heterocycles. The van der Waals surface area contributed by atoms with Crippen LogP contribution < -0.4 is 0 Å². The molecule has 4 heterocycles. The van der Waals surface area contributed by atoms with Gasteiger partial charge in [-0.2, -0.15) is 0 Å². The van der Waals surface area contributed by atoms with Crippen molar-refractivity contribution in [2.24, 2.45) is 4.99 Å². The molecule has 0 radical (unpaired) electrons. The normalized spacial score (nSPS) is 16.7. The molecule has 4 aromatic rings. The molecule has 0 spiro atoms. The van der Waals surface area contributed by atoms with Gasteiger partial charge in [-0.25, -0.2) is 22.4 Å². The number of benzene rings is 2. The van der Waals surface area contributed by atoms with E-state index in [1.54, 1.807) is 30.5 Å². The fourth-order valence-electron chi connectivity index (χ4n) is 5.02. The second-order valence-electron chi connectivity index (χ2n) is 9.20. The lowest BCUT2D eigenvalue weighted by Gasteiger charge is -2.28. The lowest BCUT2D eigenvalue weighted by molar-refractivity contribution is 0.243. The topological polar surface area (TPSA) is 80.5 Å². The van der Waals surface area contributed by atoms with Crippen molar-refractivity contribution in [2.75, 3.05) is 13.1 Å². The van der Waals surface area contributed by atoms with Crippen molar-refractivity contribution in [2.45, 2.75) is 43.7 Å². The molecule has 0 saturated carbocycles. The Kier molecular flexibility index (Phi) is 5.70. The number of hydrogen-bond donors (Lipinski definition) is 0. The Hall–Kier alpha value is -3.36. The van der Waals surface area contributed by atoms with Crippen LogP contribution in [0.5, 0.6) is 0 Å². The van der Waals surface area contributed by atoms with Crippen molar-refractivity contribution in [3.63, 3.8) is 0 Å². The highest BCUT2D eigenvalue weighted by atomic mass is 32.2. The Bertz CT molecular complexity index is 1530. The molecule has 35 heavy (non-hydrogen) atoms. The van der Waals surface area contributed by atoms with E-state index >= 15 is 0 Å². The first-order valence-electron chi connectivity index (χ1n) is 12.1. The number of aromatic nitrogens is 3. The summed E-state index contributed by atoms with van der Waals surface area (Å²) >= 11 is 0. The Balaban J connectivity index is 1.28. The van der Waals surface area contributed by atoms with E-state index in [0.29, 0.717) is 12.1 Å². The van der Waals surface area contributed by atoms with Gasteiger partial charge < -0.3 is 0 Å². The van der Waals surface area contributed by atoms with Gasteiger partial charge in [-0.15, -0.1) is 0 Å². The standard InChI is InChI=1S/C27H27N5O2S/c33-35(34,22-8-2-1-3-9-22)32-19-21(23-10-4-5-12-26(23)32)18-31-15-13-24-20(17-31)16-29-27(30-24)25-11-6-7-14-28-25/h1-5,8-10,12,16,19H,6-7,11,13-15,17-18H2. The predicted octanol–water partition coefficient (Wildman–Crippen LogP) is 4.20. The third-order valence-electron chi connectivity index (χ3n) is 6.85. The van der Waals surface area contributed by atoms with Crippen LogP contribution in [0.25, 0.3) is 10.9 Å². The minimum absolute atomic E-state index is 0.287. The molecule has 2 aromatic carbocycles. The molecule has 0 aliphatic carbocycles. The van der Waals surface area contributed by atoms with Crippen LogP contribution in [-0.4, -0.2) is 46.1 Å². The molecular formula is C27H27N5O2S. The van der Waals surface area contributed by atoms with Crippen molar-refractivity contribution in [1.29, 1.82) is 0 Å². The molecule has 0 fully saturated rings. The van der Waals surface area contributed by atoms with Gasteiger partial charge in [0.25, 0.3) is 10.0 Å². The summed E-state index contributed by atoms with van der Waals surface area (Å²) in [5.41, 5.74) is 4.97. The van der Waals surface area contributed by atoms with Gasteiger partial charge in [0, 0.05) is 55.9 Å². The lowest BCUT2D eigenvalue weighted by Crippen LogP contribution is -2.31. The molecule has 0 unspecified atom stereocenters. The van der Waals surface area contributed by atoms with E-state index < -0.39 is 10.0 Å². The fraction of sp³-hybridized carbons (Fsp3) is 0.296. The maximum Gasteiger partial charge on any atom is 0.268 e. The Morgan fingerprint density at radius 3 is 2.60 bits per heavy atom. The van der Waals surface area contributed by atoms with Crippen molar-refractivity contribution < 1.29 is 8.42 Å². The van der Waals surface area contributed by atoms with Crippen molar-refractivity contribution >= 4 is 26.6 Å². The van der Waals surface area contributed by atoms with Gasteiger partial charge in [0.2, 0.25) is 0 Å². The van der Waals surface area contributed by atoms with Gasteiger partial charge in [0.05, 0.1) is 21.8 Å². The zero-order valence-corrected chi connectivity index (χ0v) is 20.3. The molecule has 0 saturated heterocycles. The summed E-state index contributed by atoms with van der Waals surface area (Å²) in [7, 11) is -3.68. The van der Waals surface area contributed by atoms with Gasteiger partial charge in [-0.1, -0.05) is 36.4 Å². The summed E-state index contributed by atoms with van der Waals surface area (Å²) in [4.78, 5) is 16.7. The predicted molar refractivity (Wildman–Crippen MR) is 136 cm³/mol. The Labute approximate surface area is 205 Å². The molecule has 178 valence electrons. The van der Waals surface area contributed by atoms with E-state index in [0.717, 1.165) is 79.1 Å². The van der Waals surface area contributed by atoms with E-state index in [2.05, 4.69) is 14.9 Å². The molecule has 0 amide bonds. The third-order valence-corrected chi connectivity index (χ3v) is 8.54.